The second-order valence-electron chi connectivity index (χ2n) is 2.64. The summed E-state index contributed by atoms with van der Waals surface area (Å²) in [5.41, 5.74) is 0. The maximum atomic E-state index is 5.55. The minimum Gasteiger partial charge on any atom is -0.368 e. The summed E-state index contributed by atoms with van der Waals surface area (Å²) in [4.78, 5) is 4.31. The Bertz CT molecular complexity index is 272. The fourth-order valence-corrected chi connectivity index (χ4v) is 2.51. The van der Waals surface area contributed by atoms with Crippen molar-refractivity contribution in [2.45, 2.75) is 6.10 Å². The van der Waals surface area contributed by atoms with Crippen LogP contribution in [0, 0.1) is 0 Å². The van der Waals surface area contributed by atoms with Crippen LogP contribution in [-0.2, 0) is 4.74 Å². The summed E-state index contributed by atoms with van der Waals surface area (Å²) in [7, 11) is 1.85. The number of aromatic nitrogens is 2. The third-order valence-corrected chi connectivity index (χ3v) is 3.50. The largest absolute Gasteiger partial charge is 0.368 e. The zero-order valence-corrected chi connectivity index (χ0v) is 8.95. The molecule has 1 aromatic rings. The van der Waals surface area contributed by atoms with Gasteiger partial charge in [-0.1, -0.05) is 0 Å². The van der Waals surface area contributed by atoms with Gasteiger partial charge in [-0.15, -0.1) is 0 Å². The lowest BCUT2D eigenvalue weighted by molar-refractivity contribution is 0.0704. The predicted molar refractivity (Wildman–Crippen MR) is 55.5 cm³/mol. The monoisotopic (exact) mass is 217 g/mol. The Hall–Kier alpha value is -0.330. The molecule has 0 amide bonds. The molecule has 0 saturated carbocycles. The Balaban J connectivity index is 2.05. The second kappa shape index (κ2) is 4.26. The standard InChI is InChI=1S/C7H11N3OS2/c1-8-7-9-6(10-13-7)5-4-12-3-2-11-5/h5H,2-4H2,1H3,(H,8,9,10). The Morgan fingerprint density at radius 1 is 1.62 bits per heavy atom. The van der Waals surface area contributed by atoms with E-state index in [1.54, 1.807) is 0 Å². The lowest BCUT2D eigenvalue weighted by Crippen LogP contribution is -2.16. The number of ether oxygens (including phenoxy) is 1. The fraction of sp³-hybridized carbons (Fsp3) is 0.714. The highest BCUT2D eigenvalue weighted by Crippen LogP contribution is 2.26. The number of nitrogens with one attached hydrogen (secondary N) is 1. The average Bonchev–Trinajstić information content (AvgIpc) is 2.67. The number of thioether (sulfide) groups is 1. The summed E-state index contributed by atoms with van der Waals surface area (Å²) in [6.07, 6.45) is 0.0945. The fourth-order valence-electron chi connectivity index (χ4n) is 1.10. The SMILES string of the molecule is CNc1nc(C2CSCCO2)ns1. The van der Waals surface area contributed by atoms with Gasteiger partial charge in [0.15, 0.2) is 5.82 Å². The van der Waals surface area contributed by atoms with E-state index in [-0.39, 0.29) is 6.10 Å². The van der Waals surface area contributed by atoms with Gasteiger partial charge in [0.25, 0.3) is 0 Å². The number of nitrogens with zero attached hydrogens (tertiary/aromatic N) is 2. The van der Waals surface area contributed by atoms with E-state index in [2.05, 4.69) is 14.7 Å². The average molecular weight is 217 g/mol. The quantitative estimate of drug-likeness (QED) is 0.811. The number of hydrogen-bond acceptors (Lipinski definition) is 6. The van der Waals surface area contributed by atoms with Gasteiger partial charge in [0, 0.05) is 30.1 Å². The molecule has 1 fully saturated rings. The molecule has 4 nitrogen and oxygen atoms in total. The maximum absolute atomic E-state index is 5.55. The van der Waals surface area contributed by atoms with Crippen LogP contribution in [0.15, 0.2) is 0 Å². The van der Waals surface area contributed by atoms with E-state index < -0.39 is 0 Å². The zero-order chi connectivity index (χ0) is 9.10. The van der Waals surface area contributed by atoms with Gasteiger partial charge in [0.2, 0.25) is 5.13 Å². The van der Waals surface area contributed by atoms with E-state index in [1.165, 1.54) is 11.5 Å². The molecule has 2 heterocycles. The summed E-state index contributed by atoms with van der Waals surface area (Å²) in [6.45, 7) is 0.809. The molecule has 6 heteroatoms. The Morgan fingerprint density at radius 3 is 3.15 bits per heavy atom. The second-order valence-corrected chi connectivity index (χ2v) is 4.54. The summed E-state index contributed by atoms with van der Waals surface area (Å²) in [5.74, 6) is 2.88. The van der Waals surface area contributed by atoms with Gasteiger partial charge in [-0.2, -0.15) is 16.1 Å². The zero-order valence-electron chi connectivity index (χ0n) is 7.32. The van der Waals surface area contributed by atoms with Gasteiger partial charge in [0.1, 0.15) is 6.10 Å². The van der Waals surface area contributed by atoms with Crippen LogP contribution in [0.3, 0.4) is 0 Å². The highest BCUT2D eigenvalue weighted by Gasteiger charge is 2.20. The lowest BCUT2D eigenvalue weighted by atomic mass is 10.4. The molecule has 1 N–H and O–H groups in total. The van der Waals surface area contributed by atoms with Crippen LogP contribution < -0.4 is 5.32 Å². The Morgan fingerprint density at radius 2 is 2.54 bits per heavy atom. The van der Waals surface area contributed by atoms with Crippen molar-refractivity contribution in [2.75, 3.05) is 30.5 Å². The van der Waals surface area contributed by atoms with Gasteiger partial charge in [-0.25, -0.2) is 4.98 Å². The van der Waals surface area contributed by atoms with Crippen LogP contribution in [0.25, 0.3) is 0 Å². The van der Waals surface area contributed by atoms with Gasteiger partial charge in [0.05, 0.1) is 6.61 Å². The Kier molecular flexibility index (Phi) is 3.02. The van der Waals surface area contributed by atoms with Crippen LogP contribution in [-0.4, -0.2) is 34.5 Å². The summed E-state index contributed by atoms with van der Waals surface area (Å²) < 4.78 is 9.80. The van der Waals surface area contributed by atoms with Crippen molar-refractivity contribution < 1.29 is 4.74 Å². The molecule has 1 unspecified atom stereocenters. The molecular weight excluding hydrogens is 206 g/mol. The van der Waals surface area contributed by atoms with Gasteiger partial charge in [-0.3, -0.25) is 0 Å². The molecular formula is C7H11N3OS2. The number of rotatable bonds is 2. The van der Waals surface area contributed by atoms with Crippen LogP contribution in [0.4, 0.5) is 5.13 Å². The molecule has 0 spiro atoms. The van der Waals surface area contributed by atoms with Crippen molar-refractivity contribution in [3.8, 4) is 0 Å². The summed E-state index contributed by atoms with van der Waals surface area (Å²) in [5, 5.41) is 3.82. The maximum Gasteiger partial charge on any atom is 0.202 e. The first kappa shape index (κ1) is 9.23. The molecule has 1 saturated heterocycles. The predicted octanol–water partition coefficient (Wildman–Crippen LogP) is 1.38. The number of hydrogen-bond donors (Lipinski definition) is 1. The minimum atomic E-state index is 0.0945. The van der Waals surface area contributed by atoms with Crippen molar-refractivity contribution in [3.63, 3.8) is 0 Å². The summed E-state index contributed by atoms with van der Waals surface area (Å²) in [6, 6.07) is 0. The molecule has 0 aromatic carbocycles. The molecule has 1 aliphatic heterocycles. The molecule has 0 aliphatic carbocycles. The van der Waals surface area contributed by atoms with E-state index in [9.17, 15) is 0 Å². The smallest absolute Gasteiger partial charge is 0.202 e. The van der Waals surface area contributed by atoms with Crippen LogP contribution in [0.2, 0.25) is 0 Å². The molecule has 1 aromatic heterocycles. The van der Waals surface area contributed by atoms with Gasteiger partial charge in [-0.05, 0) is 0 Å². The van der Waals surface area contributed by atoms with E-state index in [4.69, 9.17) is 4.74 Å². The Labute approximate surface area is 85.3 Å². The van der Waals surface area contributed by atoms with E-state index >= 15 is 0 Å². The highest BCUT2D eigenvalue weighted by molar-refractivity contribution is 7.99. The molecule has 72 valence electrons. The van der Waals surface area contributed by atoms with Crippen molar-refractivity contribution >= 4 is 28.4 Å². The summed E-state index contributed by atoms with van der Waals surface area (Å²) >= 11 is 3.28. The van der Waals surface area contributed by atoms with Crippen molar-refractivity contribution in [1.82, 2.24) is 9.36 Å². The van der Waals surface area contributed by atoms with Crippen molar-refractivity contribution in [3.05, 3.63) is 5.82 Å². The van der Waals surface area contributed by atoms with Crippen molar-refractivity contribution in [1.29, 1.82) is 0 Å². The first-order valence-electron chi connectivity index (χ1n) is 4.11. The molecule has 2 rings (SSSR count). The van der Waals surface area contributed by atoms with Crippen LogP contribution in [0.5, 0.6) is 0 Å². The normalized spacial score (nSPS) is 23.0. The molecule has 13 heavy (non-hydrogen) atoms. The first-order chi connectivity index (χ1) is 6.40. The van der Waals surface area contributed by atoms with E-state index in [1.807, 2.05) is 18.8 Å². The molecule has 1 aliphatic rings. The van der Waals surface area contributed by atoms with E-state index in [0.29, 0.717) is 0 Å². The lowest BCUT2D eigenvalue weighted by Gasteiger charge is -2.19. The van der Waals surface area contributed by atoms with Crippen LogP contribution >= 0.6 is 23.3 Å². The van der Waals surface area contributed by atoms with Crippen LogP contribution in [0.1, 0.15) is 11.9 Å². The molecule has 0 radical (unpaired) electrons. The first-order valence-corrected chi connectivity index (χ1v) is 6.03. The third-order valence-electron chi connectivity index (χ3n) is 1.76. The third kappa shape index (κ3) is 2.12. The van der Waals surface area contributed by atoms with Gasteiger partial charge < -0.3 is 10.1 Å². The number of anilines is 1. The highest BCUT2D eigenvalue weighted by atomic mass is 32.2. The van der Waals surface area contributed by atoms with E-state index in [0.717, 1.165) is 29.1 Å². The molecule has 0 bridgehead atoms. The topological polar surface area (TPSA) is 47.0 Å². The minimum absolute atomic E-state index is 0.0945. The van der Waals surface area contributed by atoms with Gasteiger partial charge >= 0.3 is 0 Å². The van der Waals surface area contributed by atoms with Crippen molar-refractivity contribution in [2.24, 2.45) is 0 Å². The molecule has 1 atom stereocenters.